The van der Waals surface area contributed by atoms with Crippen molar-refractivity contribution in [3.63, 3.8) is 0 Å². The van der Waals surface area contributed by atoms with Crippen molar-refractivity contribution in [2.75, 3.05) is 48.1 Å². The number of phenolic OH excluding ortho intramolecular Hbond substituents is 1. The molecule has 246 valence electrons. The molecule has 10 nitrogen and oxygen atoms in total. The smallest absolute Gasteiger partial charge is 0.241 e. The molecule has 3 aromatic rings. The third-order valence-corrected chi connectivity index (χ3v) is 11.3. The Balaban J connectivity index is 1.20. The van der Waals surface area contributed by atoms with E-state index < -0.39 is 35.0 Å². The van der Waals surface area contributed by atoms with Crippen molar-refractivity contribution in [3.05, 3.63) is 90.0 Å². The second kappa shape index (κ2) is 11.3. The molecule has 6 atom stereocenters. The van der Waals surface area contributed by atoms with Crippen LogP contribution in [0, 0.1) is 29.1 Å². The lowest BCUT2D eigenvalue weighted by molar-refractivity contribution is -0.131. The molecule has 3 aliphatic heterocycles. The number of benzene rings is 3. The number of allylic oxidation sites excluding steroid dienone is 2. The summed E-state index contributed by atoms with van der Waals surface area (Å²) >= 11 is 0. The number of carbonyl (C=O) groups is 4. The molecule has 4 fully saturated rings. The third-order valence-electron chi connectivity index (χ3n) is 11.3. The summed E-state index contributed by atoms with van der Waals surface area (Å²) in [6.07, 6.45) is 2.54. The number of hydrogen-bond acceptors (Lipinski definition) is 8. The molecule has 0 aromatic heterocycles. The molecule has 0 bridgehead atoms. The van der Waals surface area contributed by atoms with Gasteiger partial charge in [0.15, 0.2) is 0 Å². The zero-order chi connectivity index (χ0) is 33.3. The normalized spacial score (nSPS) is 29.8. The number of nitrogens with zero attached hydrogens (tertiary/aromatic N) is 3. The fourth-order valence-corrected chi connectivity index (χ4v) is 8.96. The number of amides is 4. The van der Waals surface area contributed by atoms with Crippen LogP contribution < -0.4 is 19.4 Å². The standard InChI is InChI=1S/C38H37N3O7/c1-38-30(35(44)41(37(38)46)23-6-4-3-5-7-23)21-28-26(33(38)29-20-25(47-2)12-15-31(29)42)13-14-27-32(28)36(45)40(34(27)43)24-10-8-22(9-11-24)39-16-18-48-19-17-39/h3-13,15,20,27-28,30,32-33,42H,14,16-19,21H2,1-2H3/t27-,28+,30-,32-,33+,38+/m0/s1. The average molecular weight is 648 g/mol. The zero-order valence-electron chi connectivity index (χ0n) is 26.9. The number of imide groups is 2. The van der Waals surface area contributed by atoms with Gasteiger partial charge in [-0.15, -0.1) is 0 Å². The first-order valence-corrected chi connectivity index (χ1v) is 16.5. The molecule has 0 radical (unpaired) electrons. The van der Waals surface area contributed by atoms with E-state index in [4.69, 9.17) is 9.47 Å². The van der Waals surface area contributed by atoms with Crippen molar-refractivity contribution >= 4 is 40.7 Å². The number of carbonyl (C=O) groups excluding carboxylic acids is 4. The van der Waals surface area contributed by atoms with Gasteiger partial charge in [0, 0.05) is 30.3 Å². The van der Waals surface area contributed by atoms with E-state index in [-0.39, 0.29) is 35.8 Å². The van der Waals surface area contributed by atoms with E-state index in [1.54, 1.807) is 43.3 Å². The summed E-state index contributed by atoms with van der Waals surface area (Å²) in [5.74, 6) is -4.08. The molecule has 2 aliphatic carbocycles. The predicted molar refractivity (Wildman–Crippen MR) is 178 cm³/mol. The Hall–Kier alpha value is -4.96. The molecule has 1 N–H and O–H groups in total. The number of aromatic hydroxyl groups is 1. The molecule has 1 saturated carbocycles. The van der Waals surface area contributed by atoms with Crippen molar-refractivity contribution < 1.29 is 33.8 Å². The van der Waals surface area contributed by atoms with Crippen molar-refractivity contribution in [2.24, 2.45) is 29.1 Å². The number of methoxy groups -OCH3 is 1. The van der Waals surface area contributed by atoms with Gasteiger partial charge in [0.25, 0.3) is 0 Å². The largest absolute Gasteiger partial charge is 0.508 e. The van der Waals surface area contributed by atoms with E-state index in [0.29, 0.717) is 42.3 Å². The van der Waals surface area contributed by atoms with Crippen LogP contribution >= 0.6 is 0 Å². The minimum Gasteiger partial charge on any atom is -0.508 e. The molecule has 0 unspecified atom stereocenters. The minimum absolute atomic E-state index is 0.0290. The van der Waals surface area contributed by atoms with Gasteiger partial charge in [0.05, 0.1) is 54.9 Å². The maximum Gasteiger partial charge on any atom is 0.241 e. The van der Waals surface area contributed by atoms with Gasteiger partial charge in [-0.2, -0.15) is 0 Å². The Kier molecular flexibility index (Phi) is 7.17. The highest BCUT2D eigenvalue weighted by Gasteiger charge is 2.68. The third kappa shape index (κ3) is 4.35. The monoisotopic (exact) mass is 647 g/mol. The van der Waals surface area contributed by atoms with Gasteiger partial charge in [-0.1, -0.05) is 29.8 Å². The quantitative estimate of drug-likeness (QED) is 0.314. The number of rotatable bonds is 5. The maximum absolute atomic E-state index is 14.5. The second-order valence-electron chi connectivity index (χ2n) is 13.5. The summed E-state index contributed by atoms with van der Waals surface area (Å²) in [6, 6.07) is 21.2. The van der Waals surface area contributed by atoms with E-state index in [9.17, 15) is 24.3 Å². The zero-order valence-corrected chi connectivity index (χ0v) is 26.9. The number of phenols is 1. The van der Waals surface area contributed by atoms with Crippen molar-refractivity contribution in [3.8, 4) is 11.5 Å². The van der Waals surface area contributed by atoms with Crippen LogP contribution in [0.25, 0.3) is 0 Å². The number of hydrogen-bond donors (Lipinski definition) is 1. The molecule has 3 aromatic carbocycles. The number of anilines is 3. The van der Waals surface area contributed by atoms with Crippen molar-refractivity contribution in [1.82, 2.24) is 0 Å². The molecule has 10 heteroatoms. The minimum atomic E-state index is -1.26. The molecule has 5 aliphatic rings. The van der Waals surface area contributed by atoms with Gasteiger partial charge in [0.1, 0.15) is 11.5 Å². The first kappa shape index (κ1) is 30.4. The van der Waals surface area contributed by atoms with Crippen LogP contribution in [0.1, 0.15) is 31.2 Å². The molecule has 0 spiro atoms. The lowest BCUT2D eigenvalue weighted by Crippen LogP contribution is -2.48. The first-order chi connectivity index (χ1) is 23.2. The fourth-order valence-electron chi connectivity index (χ4n) is 8.96. The Morgan fingerprint density at radius 2 is 1.50 bits per heavy atom. The Morgan fingerprint density at radius 3 is 2.21 bits per heavy atom. The van der Waals surface area contributed by atoms with E-state index in [1.807, 2.05) is 36.4 Å². The van der Waals surface area contributed by atoms with E-state index in [1.165, 1.54) is 23.0 Å². The maximum atomic E-state index is 14.5. The van der Waals surface area contributed by atoms with Crippen LogP contribution in [0.3, 0.4) is 0 Å². The van der Waals surface area contributed by atoms with E-state index in [0.717, 1.165) is 24.4 Å². The lowest BCUT2D eigenvalue weighted by Gasteiger charge is -2.49. The Labute approximate surface area is 278 Å². The predicted octanol–water partition coefficient (Wildman–Crippen LogP) is 4.67. The highest BCUT2D eigenvalue weighted by Crippen LogP contribution is 2.64. The summed E-state index contributed by atoms with van der Waals surface area (Å²) in [5, 5.41) is 11.3. The van der Waals surface area contributed by atoms with Crippen LogP contribution in [-0.2, 0) is 23.9 Å². The van der Waals surface area contributed by atoms with Crippen LogP contribution in [0.15, 0.2) is 84.4 Å². The molecule has 48 heavy (non-hydrogen) atoms. The molecule has 8 rings (SSSR count). The molecule has 4 amide bonds. The van der Waals surface area contributed by atoms with Crippen molar-refractivity contribution in [1.29, 1.82) is 0 Å². The van der Waals surface area contributed by atoms with Gasteiger partial charge < -0.3 is 19.5 Å². The number of para-hydroxylation sites is 1. The molecular weight excluding hydrogens is 610 g/mol. The summed E-state index contributed by atoms with van der Waals surface area (Å²) in [5.41, 5.74) is 2.00. The average Bonchev–Trinajstić information content (AvgIpc) is 3.49. The second-order valence-corrected chi connectivity index (χ2v) is 13.5. The van der Waals surface area contributed by atoms with Crippen LogP contribution in [0.2, 0.25) is 0 Å². The van der Waals surface area contributed by atoms with Crippen LogP contribution in [-0.4, -0.2) is 62.1 Å². The fraction of sp³-hybridized carbons (Fsp3) is 0.368. The molecular formula is C38H37N3O7. The van der Waals surface area contributed by atoms with Crippen LogP contribution in [0.5, 0.6) is 11.5 Å². The van der Waals surface area contributed by atoms with Gasteiger partial charge >= 0.3 is 0 Å². The van der Waals surface area contributed by atoms with E-state index >= 15 is 0 Å². The van der Waals surface area contributed by atoms with Gasteiger partial charge in [-0.3, -0.25) is 24.1 Å². The van der Waals surface area contributed by atoms with Gasteiger partial charge in [-0.05, 0) is 80.3 Å². The van der Waals surface area contributed by atoms with Crippen molar-refractivity contribution in [2.45, 2.75) is 25.7 Å². The topological polar surface area (TPSA) is 117 Å². The molecule has 3 saturated heterocycles. The van der Waals surface area contributed by atoms with Gasteiger partial charge in [0.2, 0.25) is 23.6 Å². The summed E-state index contributed by atoms with van der Waals surface area (Å²) in [4.78, 5) is 62.1. The Bertz CT molecular complexity index is 1850. The van der Waals surface area contributed by atoms with Gasteiger partial charge in [-0.25, -0.2) is 4.90 Å². The van der Waals surface area contributed by atoms with E-state index in [2.05, 4.69) is 4.90 Å². The highest BCUT2D eigenvalue weighted by atomic mass is 16.5. The number of fused-ring (bicyclic) bond motifs is 4. The summed E-state index contributed by atoms with van der Waals surface area (Å²) in [6.45, 7) is 4.65. The van der Waals surface area contributed by atoms with Crippen LogP contribution in [0.4, 0.5) is 17.1 Å². The lowest BCUT2D eigenvalue weighted by atomic mass is 9.51. The summed E-state index contributed by atoms with van der Waals surface area (Å²) < 4.78 is 11.0. The highest BCUT2D eigenvalue weighted by molar-refractivity contribution is 6.25. The summed E-state index contributed by atoms with van der Waals surface area (Å²) in [7, 11) is 1.53. The molecule has 3 heterocycles. The number of ether oxygens (including phenoxy) is 2. The first-order valence-electron chi connectivity index (χ1n) is 16.5. The SMILES string of the molecule is COc1ccc(O)c([C@H]2C3=CC[C@@H]4C(=O)N(c5ccc(N6CCOCC6)cc5)C(=O)[C@@H]4[C@@H]3C[C@H]3C(=O)N(c4ccccc4)C(=O)[C@@]23C)c1. The Morgan fingerprint density at radius 1 is 0.812 bits per heavy atom. The number of morpholine rings is 1.